The molecule has 0 saturated carbocycles. The normalized spacial score (nSPS) is 12.8. The third-order valence-corrected chi connectivity index (χ3v) is 3.53. The van der Waals surface area contributed by atoms with Crippen molar-refractivity contribution in [3.8, 4) is 0 Å². The van der Waals surface area contributed by atoms with E-state index in [1.807, 2.05) is 24.3 Å². The largest absolute Gasteiger partial charge is 0.468 e. The molecule has 0 saturated heterocycles. The summed E-state index contributed by atoms with van der Waals surface area (Å²) in [5.41, 5.74) is 1.13. The summed E-state index contributed by atoms with van der Waals surface area (Å²) < 4.78 is 18.4. The molecule has 1 heterocycles. The minimum atomic E-state index is -0.191. The maximum Gasteiger partial charge on any atom is 0.123 e. The average Bonchev–Trinajstić information content (AvgIpc) is 2.97. The van der Waals surface area contributed by atoms with E-state index in [1.54, 1.807) is 6.26 Å². The quantitative estimate of drug-likeness (QED) is 0.805. The molecule has 4 heteroatoms. The van der Waals surface area contributed by atoms with Gasteiger partial charge in [-0.05, 0) is 49.8 Å². The summed E-state index contributed by atoms with van der Waals surface area (Å²) in [7, 11) is 2.08. The van der Waals surface area contributed by atoms with Gasteiger partial charge in [-0.25, -0.2) is 4.39 Å². The molecule has 0 aliphatic carbocycles. The Hall–Kier alpha value is -1.65. The average molecular weight is 290 g/mol. The number of hydrogen-bond acceptors (Lipinski definition) is 3. The summed E-state index contributed by atoms with van der Waals surface area (Å²) >= 11 is 0. The van der Waals surface area contributed by atoms with E-state index in [1.165, 1.54) is 12.1 Å². The van der Waals surface area contributed by atoms with Crippen molar-refractivity contribution in [3.63, 3.8) is 0 Å². The van der Waals surface area contributed by atoms with Crippen LogP contribution in [0, 0.1) is 5.82 Å². The first-order chi connectivity index (χ1) is 10.2. The summed E-state index contributed by atoms with van der Waals surface area (Å²) in [6.45, 7) is 4.72. The lowest BCUT2D eigenvalue weighted by atomic mass is 10.0. The minimum absolute atomic E-state index is 0.191. The Balaban J connectivity index is 1.88. The summed E-state index contributed by atoms with van der Waals surface area (Å²) in [4.78, 5) is 2.23. The van der Waals surface area contributed by atoms with Crippen LogP contribution in [-0.4, -0.2) is 25.0 Å². The molecule has 0 aliphatic heterocycles. The zero-order chi connectivity index (χ0) is 15.1. The molecule has 0 radical (unpaired) electrons. The van der Waals surface area contributed by atoms with Crippen molar-refractivity contribution in [2.24, 2.45) is 0 Å². The van der Waals surface area contributed by atoms with Gasteiger partial charge in [0.2, 0.25) is 0 Å². The standard InChI is InChI=1S/C17H23FN2O/c1-3-19-17(14-6-8-15(18)9-7-14)10-11-20(2)13-16-5-4-12-21-16/h4-9,12,17,19H,3,10-11,13H2,1-2H3. The van der Waals surface area contributed by atoms with E-state index in [4.69, 9.17) is 4.42 Å². The molecule has 21 heavy (non-hydrogen) atoms. The van der Waals surface area contributed by atoms with Gasteiger partial charge in [0.05, 0.1) is 12.8 Å². The number of rotatable bonds is 8. The van der Waals surface area contributed by atoms with E-state index >= 15 is 0 Å². The van der Waals surface area contributed by atoms with Crippen LogP contribution in [0.15, 0.2) is 47.1 Å². The second kappa shape index (κ2) is 7.96. The number of halogens is 1. The predicted molar refractivity (Wildman–Crippen MR) is 82.5 cm³/mol. The van der Waals surface area contributed by atoms with Crippen LogP contribution in [0.3, 0.4) is 0 Å². The second-order valence-corrected chi connectivity index (χ2v) is 5.27. The monoisotopic (exact) mass is 290 g/mol. The van der Waals surface area contributed by atoms with Gasteiger partial charge in [-0.2, -0.15) is 0 Å². The molecule has 1 unspecified atom stereocenters. The van der Waals surface area contributed by atoms with Gasteiger partial charge in [-0.3, -0.25) is 4.90 Å². The van der Waals surface area contributed by atoms with E-state index in [-0.39, 0.29) is 11.9 Å². The highest BCUT2D eigenvalue weighted by molar-refractivity contribution is 5.20. The maximum atomic E-state index is 13.0. The van der Waals surface area contributed by atoms with Gasteiger partial charge in [0, 0.05) is 12.6 Å². The zero-order valence-corrected chi connectivity index (χ0v) is 12.7. The van der Waals surface area contributed by atoms with Crippen LogP contribution in [0.4, 0.5) is 4.39 Å². The van der Waals surface area contributed by atoms with E-state index < -0.39 is 0 Å². The highest BCUT2D eigenvalue weighted by Crippen LogP contribution is 2.18. The second-order valence-electron chi connectivity index (χ2n) is 5.27. The molecule has 0 fully saturated rings. The van der Waals surface area contributed by atoms with Gasteiger partial charge in [-0.15, -0.1) is 0 Å². The lowest BCUT2D eigenvalue weighted by Crippen LogP contribution is -2.27. The van der Waals surface area contributed by atoms with Crippen molar-refractivity contribution in [2.45, 2.75) is 25.9 Å². The fraction of sp³-hybridized carbons (Fsp3) is 0.412. The first kappa shape index (κ1) is 15.7. The fourth-order valence-electron chi connectivity index (χ4n) is 2.43. The summed E-state index contributed by atoms with van der Waals surface area (Å²) in [6, 6.07) is 10.9. The third-order valence-electron chi connectivity index (χ3n) is 3.53. The van der Waals surface area contributed by atoms with Gasteiger partial charge in [-0.1, -0.05) is 19.1 Å². The highest BCUT2D eigenvalue weighted by Gasteiger charge is 2.12. The third kappa shape index (κ3) is 4.99. The Labute approximate surface area is 125 Å². The Morgan fingerprint density at radius 3 is 2.62 bits per heavy atom. The van der Waals surface area contributed by atoms with Crippen molar-refractivity contribution in [1.29, 1.82) is 0 Å². The molecule has 3 nitrogen and oxygen atoms in total. The van der Waals surface area contributed by atoms with Crippen molar-refractivity contribution in [2.75, 3.05) is 20.1 Å². The Bertz CT molecular complexity index is 510. The van der Waals surface area contributed by atoms with Gasteiger partial charge >= 0.3 is 0 Å². The molecular weight excluding hydrogens is 267 g/mol. The minimum Gasteiger partial charge on any atom is -0.468 e. The molecule has 0 bridgehead atoms. The number of nitrogens with zero attached hydrogens (tertiary/aromatic N) is 1. The molecule has 114 valence electrons. The van der Waals surface area contributed by atoms with Crippen LogP contribution >= 0.6 is 0 Å². The maximum absolute atomic E-state index is 13.0. The van der Waals surface area contributed by atoms with Gasteiger partial charge in [0.15, 0.2) is 0 Å². The molecule has 2 aromatic rings. The number of benzene rings is 1. The Kier molecular flexibility index (Phi) is 5.96. The molecule has 2 rings (SSSR count). The lowest BCUT2D eigenvalue weighted by Gasteiger charge is -2.22. The van der Waals surface area contributed by atoms with Crippen LogP contribution in [0.2, 0.25) is 0 Å². The van der Waals surface area contributed by atoms with Crippen molar-refractivity contribution in [3.05, 3.63) is 59.8 Å². The summed E-state index contributed by atoms with van der Waals surface area (Å²) in [5.74, 6) is 0.781. The van der Waals surface area contributed by atoms with Crippen molar-refractivity contribution < 1.29 is 8.81 Å². The molecule has 1 atom stereocenters. The molecule has 1 aromatic carbocycles. The van der Waals surface area contributed by atoms with Crippen LogP contribution in [0.1, 0.15) is 30.7 Å². The van der Waals surface area contributed by atoms with Crippen LogP contribution < -0.4 is 5.32 Å². The zero-order valence-electron chi connectivity index (χ0n) is 12.7. The molecule has 0 aliphatic rings. The molecular formula is C17H23FN2O. The first-order valence-corrected chi connectivity index (χ1v) is 7.38. The van der Waals surface area contributed by atoms with Crippen molar-refractivity contribution in [1.82, 2.24) is 10.2 Å². The summed E-state index contributed by atoms with van der Waals surface area (Å²) in [5, 5.41) is 3.46. The van der Waals surface area contributed by atoms with Crippen LogP contribution in [-0.2, 0) is 6.54 Å². The van der Waals surface area contributed by atoms with Crippen LogP contribution in [0.5, 0.6) is 0 Å². The predicted octanol–water partition coefficient (Wildman–Crippen LogP) is 3.59. The highest BCUT2D eigenvalue weighted by atomic mass is 19.1. The smallest absolute Gasteiger partial charge is 0.123 e. The van der Waals surface area contributed by atoms with E-state index in [0.29, 0.717) is 0 Å². The van der Waals surface area contributed by atoms with Crippen molar-refractivity contribution >= 4 is 0 Å². The van der Waals surface area contributed by atoms with Gasteiger partial charge in [0.25, 0.3) is 0 Å². The van der Waals surface area contributed by atoms with Crippen LogP contribution in [0.25, 0.3) is 0 Å². The first-order valence-electron chi connectivity index (χ1n) is 7.38. The van der Waals surface area contributed by atoms with E-state index in [2.05, 4.69) is 24.2 Å². The fourth-order valence-corrected chi connectivity index (χ4v) is 2.43. The molecule has 1 aromatic heterocycles. The summed E-state index contributed by atoms with van der Waals surface area (Å²) in [6.07, 6.45) is 2.67. The molecule has 0 spiro atoms. The van der Waals surface area contributed by atoms with Gasteiger partial charge < -0.3 is 9.73 Å². The van der Waals surface area contributed by atoms with E-state index in [9.17, 15) is 4.39 Å². The lowest BCUT2D eigenvalue weighted by molar-refractivity contribution is 0.277. The number of hydrogen-bond donors (Lipinski definition) is 1. The SMILES string of the molecule is CCNC(CCN(C)Cc1ccco1)c1ccc(F)cc1. The molecule has 0 amide bonds. The molecule has 1 N–H and O–H groups in total. The number of furan rings is 1. The number of nitrogens with one attached hydrogen (secondary N) is 1. The van der Waals surface area contributed by atoms with Gasteiger partial charge in [0.1, 0.15) is 11.6 Å². The Morgan fingerprint density at radius 1 is 1.24 bits per heavy atom. The Morgan fingerprint density at radius 2 is 2.00 bits per heavy atom. The van der Waals surface area contributed by atoms with E-state index in [0.717, 1.165) is 37.4 Å². The topological polar surface area (TPSA) is 28.4 Å².